The van der Waals surface area contributed by atoms with Crippen LogP contribution >= 0.6 is 31.9 Å². The van der Waals surface area contributed by atoms with Crippen LogP contribution < -0.4 is 5.43 Å². The number of nitrogens with zero attached hydrogens (tertiary/aromatic N) is 1. The number of amides is 1. The van der Waals surface area contributed by atoms with Crippen molar-refractivity contribution in [2.45, 2.75) is 0 Å². The highest BCUT2D eigenvalue weighted by Gasteiger charge is 2.09. The van der Waals surface area contributed by atoms with Gasteiger partial charge in [-0.15, -0.1) is 0 Å². The van der Waals surface area contributed by atoms with Crippen LogP contribution in [0.3, 0.4) is 0 Å². The summed E-state index contributed by atoms with van der Waals surface area (Å²) in [6.45, 7) is 0. The number of para-hydroxylation sites is 1. The first-order valence-corrected chi connectivity index (χ1v) is 7.37. The van der Waals surface area contributed by atoms with Gasteiger partial charge in [-0.25, -0.2) is 5.43 Å². The number of phenolic OH excluding ortho intramolecular Hbond substituents is 2. The molecule has 0 heterocycles. The minimum absolute atomic E-state index is 0.0127. The molecule has 2 aromatic carbocycles. The molecule has 7 heteroatoms. The molecular weight excluding hydrogens is 404 g/mol. The van der Waals surface area contributed by atoms with E-state index in [4.69, 9.17) is 0 Å². The Balaban J connectivity index is 2.13. The molecule has 3 N–H and O–H groups in total. The Bertz CT molecular complexity index is 717. The highest BCUT2D eigenvalue weighted by molar-refractivity contribution is 9.11. The topological polar surface area (TPSA) is 81.9 Å². The van der Waals surface area contributed by atoms with Crippen molar-refractivity contribution in [3.8, 4) is 11.5 Å². The number of phenols is 2. The number of benzene rings is 2. The number of rotatable bonds is 3. The fourth-order valence-electron chi connectivity index (χ4n) is 1.57. The molecular formula is C14H10Br2N2O3. The summed E-state index contributed by atoms with van der Waals surface area (Å²) in [6, 6.07) is 9.48. The third kappa shape index (κ3) is 3.83. The molecule has 2 aromatic rings. The molecule has 0 aliphatic rings. The Morgan fingerprint density at radius 1 is 1.19 bits per heavy atom. The Morgan fingerprint density at radius 2 is 1.90 bits per heavy atom. The average molecular weight is 414 g/mol. The summed E-state index contributed by atoms with van der Waals surface area (Å²) in [5.41, 5.74) is 2.83. The number of nitrogens with one attached hydrogen (secondary N) is 1. The summed E-state index contributed by atoms with van der Waals surface area (Å²) in [7, 11) is 0. The monoisotopic (exact) mass is 412 g/mol. The second kappa shape index (κ2) is 6.73. The summed E-state index contributed by atoms with van der Waals surface area (Å²) >= 11 is 6.49. The summed E-state index contributed by atoms with van der Waals surface area (Å²) in [5.74, 6) is -0.657. The van der Waals surface area contributed by atoms with E-state index >= 15 is 0 Å². The maximum Gasteiger partial charge on any atom is 0.275 e. The summed E-state index contributed by atoms with van der Waals surface area (Å²) in [5, 5.41) is 23.2. The van der Waals surface area contributed by atoms with Gasteiger partial charge in [-0.3, -0.25) is 4.79 Å². The zero-order valence-electron chi connectivity index (χ0n) is 10.5. The Hall–Kier alpha value is -1.86. The lowest BCUT2D eigenvalue weighted by atomic mass is 10.2. The van der Waals surface area contributed by atoms with Gasteiger partial charge < -0.3 is 10.2 Å². The lowest BCUT2D eigenvalue weighted by Crippen LogP contribution is -2.17. The van der Waals surface area contributed by atoms with Gasteiger partial charge in [0, 0.05) is 10.0 Å². The van der Waals surface area contributed by atoms with E-state index in [1.165, 1.54) is 18.3 Å². The van der Waals surface area contributed by atoms with E-state index in [9.17, 15) is 15.0 Å². The summed E-state index contributed by atoms with van der Waals surface area (Å²) in [4.78, 5) is 11.8. The third-order valence-electron chi connectivity index (χ3n) is 2.58. The van der Waals surface area contributed by atoms with Crippen LogP contribution in [0.4, 0.5) is 0 Å². The molecule has 0 aliphatic carbocycles. The molecule has 0 saturated heterocycles. The van der Waals surface area contributed by atoms with Gasteiger partial charge in [-0.2, -0.15) is 5.10 Å². The fraction of sp³-hybridized carbons (Fsp3) is 0. The van der Waals surface area contributed by atoms with E-state index in [1.54, 1.807) is 24.3 Å². The van der Waals surface area contributed by atoms with Gasteiger partial charge in [0.15, 0.2) is 0 Å². The number of aromatic hydroxyl groups is 2. The van der Waals surface area contributed by atoms with E-state index in [1.807, 2.05) is 0 Å². The molecule has 0 aliphatic heterocycles. The molecule has 0 fully saturated rings. The van der Waals surface area contributed by atoms with Gasteiger partial charge >= 0.3 is 0 Å². The number of hydrogen-bond donors (Lipinski definition) is 3. The Morgan fingerprint density at radius 3 is 2.62 bits per heavy atom. The molecule has 0 bridgehead atoms. The summed E-state index contributed by atoms with van der Waals surface area (Å²) in [6.07, 6.45) is 1.31. The highest BCUT2D eigenvalue weighted by atomic mass is 79.9. The zero-order chi connectivity index (χ0) is 15.4. The van der Waals surface area contributed by atoms with Crippen LogP contribution in [-0.4, -0.2) is 22.3 Å². The van der Waals surface area contributed by atoms with Crippen LogP contribution in [0.5, 0.6) is 11.5 Å². The number of hydrazone groups is 1. The zero-order valence-corrected chi connectivity index (χ0v) is 13.7. The van der Waals surface area contributed by atoms with Crippen molar-refractivity contribution < 1.29 is 15.0 Å². The first-order chi connectivity index (χ1) is 9.99. The molecule has 0 spiro atoms. The molecule has 0 atom stereocenters. The van der Waals surface area contributed by atoms with Crippen molar-refractivity contribution in [2.24, 2.45) is 5.10 Å². The Labute approximate surface area is 137 Å². The van der Waals surface area contributed by atoms with E-state index in [0.29, 0.717) is 10.0 Å². The van der Waals surface area contributed by atoms with Crippen LogP contribution in [0.1, 0.15) is 15.9 Å². The number of halogens is 2. The second-order valence-corrected chi connectivity index (χ2v) is 5.81. The van der Waals surface area contributed by atoms with Gasteiger partial charge in [0.1, 0.15) is 11.5 Å². The Kier molecular flexibility index (Phi) is 4.98. The molecule has 108 valence electrons. The fourth-order valence-corrected chi connectivity index (χ4v) is 2.83. The van der Waals surface area contributed by atoms with Crippen LogP contribution in [0.15, 0.2) is 50.4 Å². The quantitative estimate of drug-likeness (QED) is 0.532. The lowest BCUT2D eigenvalue weighted by molar-refractivity contribution is 0.0952. The van der Waals surface area contributed by atoms with Gasteiger partial charge in [0.25, 0.3) is 5.91 Å². The molecule has 0 aromatic heterocycles. The minimum Gasteiger partial charge on any atom is -0.507 e. The van der Waals surface area contributed by atoms with Crippen LogP contribution in [-0.2, 0) is 0 Å². The standard InChI is InChI=1S/C14H10Br2N2O3/c15-9-5-8(13(20)11(16)6-9)7-17-18-14(21)10-3-1-2-4-12(10)19/h1-7,19-20H,(H,18,21). The SMILES string of the molecule is O=C(NN=Cc1cc(Br)cc(Br)c1O)c1ccccc1O. The maximum atomic E-state index is 11.8. The van der Waals surface area contributed by atoms with E-state index in [0.717, 1.165) is 4.47 Å². The second-order valence-electron chi connectivity index (χ2n) is 4.04. The molecule has 1 amide bonds. The smallest absolute Gasteiger partial charge is 0.275 e. The number of carbonyl (C=O) groups excluding carboxylic acids is 1. The first-order valence-electron chi connectivity index (χ1n) is 5.78. The summed E-state index contributed by atoms with van der Waals surface area (Å²) < 4.78 is 1.26. The average Bonchev–Trinajstić information content (AvgIpc) is 2.44. The van der Waals surface area contributed by atoms with Gasteiger partial charge in [-0.1, -0.05) is 28.1 Å². The van der Waals surface area contributed by atoms with Crippen molar-refractivity contribution in [1.82, 2.24) is 5.43 Å². The maximum absolute atomic E-state index is 11.8. The molecule has 21 heavy (non-hydrogen) atoms. The predicted molar refractivity (Wildman–Crippen MR) is 86.7 cm³/mol. The van der Waals surface area contributed by atoms with Crippen molar-refractivity contribution in [1.29, 1.82) is 0 Å². The minimum atomic E-state index is -0.544. The molecule has 0 radical (unpaired) electrons. The molecule has 0 saturated carbocycles. The van der Waals surface area contributed by atoms with Crippen molar-refractivity contribution >= 4 is 44.0 Å². The normalized spacial score (nSPS) is 10.8. The number of carbonyl (C=O) groups is 1. The van der Waals surface area contributed by atoms with Gasteiger partial charge in [0.05, 0.1) is 16.3 Å². The van der Waals surface area contributed by atoms with Crippen LogP contribution in [0, 0.1) is 0 Å². The number of hydrogen-bond acceptors (Lipinski definition) is 4. The van der Waals surface area contributed by atoms with Crippen molar-refractivity contribution in [3.63, 3.8) is 0 Å². The van der Waals surface area contributed by atoms with E-state index in [-0.39, 0.29) is 17.1 Å². The largest absolute Gasteiger partial charge is 0.507 e. The molecule has 5 nitrogen and oxygen atoms in total. The molecule has 2 rings (SSSR count). The predicted octanol–water partition coefficient (Wildman–Crippen LogP) is 3.39. The van der Waals surface area contributed by atoms with Crippen LogP contribution in [0.25, 0.3) is 0 Å². The first kappa shape index (κ1) is 15.5. The van der Waals surface area contributed by atoms with Gasteiger partial charge in [0.2, 0.25) is 0 Å². The van der Waals surface area contributed by atoms with E-state index < -0.39 is 5.91 Å². The van der Waals surface area contributed by atoms with Crippen LogP contribution in [0.2, 0.25) is 0 Å². The third-order valence-corrected chi connectivity index (χ3v) is 3.64. The molecule has 0 unspecified atom stereocenters. The highest BCUT2D eigenvalue weighted by Crippen LogP contribution is 2.30. The van der Waals surface area contributed by atoms with Crippen molar-refractivity contribution in [3.05, 3.63) is 56.5 Å². The van der Waals surface area contributed by atoms with E-state index in [2.05, 4.69) is 42.4 Å². The lowest BCUT2D eigenvalue weighted by Gasteiger charge is -2.04. The van der Waals surface area contributed by atoms with Crippen molar-refractivity contribution in [2.75, 3.05) is 0 Å². The van der Waals surface area contributed by atoms with Gasteiger partial charge in [-0.05, 0) is 40.2 Å².